The summed E-state index contributed by atoms with van der Waals surface area (Å²) in [6.45, 7) is 3.29. The predicted molar refractivity (Wildman–Crippen MR) is 82.0 cm³/mol. The maximum atomic E-state index is 11.9. The van der Waals surface area contributed by atoms with Crippen molar-refractivity contribution in [2.45, 2.75) is 44.6 Å². The highest BCUT2D eigenvalue weighted by Crippen LogP contribution is 2.17. The van der Waals surface area contributed by atoms with Crippen LogP contribution in [0.25, 0.3) is 0 Å². The maximum absolute atomic E-state index is 11.9. The van der Waals surface area contributed by atoms with Gasteiger partial charge < -0.3 is 10.6 Å². The van der Waals surface area contributed by atoms with Gasteiger partial charge in [-0.2, -0.15) is 0 Å². The molecule has 6 nitrogen and oxygen atoms in total. The SMILES string of the molecule is CN(CC(=O)NC(=O)NC1CCCC1)CC1CCCNC1. The fraction of sp³-hybridized carbons (Fsp3) is 0.867. The van der Waals surface area contributed by atoms with Gasteiger partial charge in [0.15, 0.2) is 0 Å². The lowest BCUT2D eigenvalue weighted by atomic mass is 9.99. The van der Waals surface area contributed by atoms with E-state index in [9.17, 15) is 9.59 Å². The third-order valence-corrected chi connectivity index (χ3v) is 4.33. The molecule has 2 aliphatic rings. The van der Waals surface area contributed by atoms with E-state index >= 15 is 0 Å². The molecule has 1 heterocycles. The first-order valence-electron chi connectivity index (χ1n) is 8.13. The number of hydrogen-bond acceptors (Lipinski definition) is 4. The zero-order valence-corrected chi connectivity index (χ0v) is 13.0. The third kappa shape index (κ3) is 6.01. The number of piperidine rings is 1. The summed E-state index contributed by atoms with van der Waals surface area (Å²) in [6, 6.07) is -0.108. The number of urea groups is 1. The first kappa shape index (κ1) is 16.2. The molecule has 1 saturated heterocycles. The number of carbonyl (C=O) groups is 2. The molecule has 1 aliphatic carbocycles. The standard InChI is InChI=1S/C15H28N4O2/c1-19(10-12-5-4-8-16-9-12)11-14(20)18-15(21)17-13-6-2-3-7-13/h12-13,16H,2-11H2,1H3,(H2,17,18,20,21). The molecule has 6 heteroatoms. The van der Waals surface area contributed by atoms with Gasteiger partial charge in [-0.1, -0.05) is 12.8 Å². The molecular formula is C15H28N4O2. The van der Waals surface area contributed by atoms with Crippen LogP contribution in [-0.4, -0.2) is 56.1 Å². The lowest BCUT2D eigenvalue weighted by molar-refractivity contribution is -0.121. The zero-order chi connectivity index (χ0) is 15.1. The second kappa shape index (κ2) is 8.34. The maximum Gasteiger partial charge on any atom is 0.321 e. The van der Waals surface area contributed by atoms with Crippen LogP contribution in [0.1, 0.15) is 38.5 Å². The van der Waals surface area contributed by atoms with Gasteiger partial charge >= 0.3 is 6.03 Å². The van der Waals surface area contributed by atoms with E-state index in [0.717, 1.165) is 45.3 Å². The highest BCUT2D eigenvalue weighted by Gasteiger charge is 2.20. The monoisotopic (exact) mass is 296 g/mol. The molecule has 3 amide bonds. The Labute approximate surface area is 127 Å². The zero-order valence-electron chi connectivity index (χ0n) is 13.0. The van der Waals surface area contributed by atoms with Crippen molar-refractivity contribution in [2.75, 3.05) is 33.2 Å². The van der Waals surface area contributed by atoms with E-state index in [1.165, 1.54) is 12.8 Å². The molecule has 3 N–H and O–H groups in total. The molecule has 1 aliphatic heterocycles. The summed E-state index contributed by atoms with van der Waals surface area (Å²) in [4.78, 5) is 25.6. The minimum absolute atomic E-state index is 0.225. The highest BCUT2D eigenvalue weighted by molar-refractivity contribution is 5.95. The number of imide groups is 1. The molecule has 0 aromatic carbocycles. The molecule has 0 aromatic heterocycles. The first-order chi connectivity index (χ1) is 10.1. The van der Waals surface area contributed by atoms with Crippen LogP contribution in [0.4, 0.5) is 4.79 Å². The van der Waals surface area contributed by atoms with E-state index in [-0.39, 0.29) is 24.5 Å². The van der Waals surface area contributed by atoms with E-state index in [2.05, 4.69) is 16.0 Å². The molecule has 0 spiro atoms. The summed E-state index contributed by atoms with van der Waals surface area (Å²) >= 11 is 0. The topological polar surface area (TPSA) is 73.5 Å². The van der Waals surface area contributed by atoms with Gasteiger partial charge in [0, 0.05) is 12.6 Å². The third-order valence-electron chi connectivity index (χ3n) is 4.33. The van der Waals surface area contributed by atoms with Crippen LogP contribution in [-0.2, 0) is 4.79 Å². The molecule has 1 saturated carbocycles. The minimum atomic E-state index is -0.348. The van der Waals surface area contributed by atoms with Gasteiger partial charge in [0.1, 0.15) is 0 Å². The Morgan fingerprint density at radius 1 is 1.19 bits per heavy atom. The number of nitrogens with zero attached hydrogens (tertiary/aromatic N) is 1. The number of carbonyl (C=O) groups excluding carboxylic acids is 2. The summed E-state index contributed by atoms with van der Waals surface area (Å²) < 4.78 is 0. The Balaban J connectivity index is 1.61. The van der Waals surface area contributed by atoms with Crippen molar-refractivity contribution in [2.24, 2.45) is 5.92 Å². The number of rotatable bonds is 5. The average molecular weight is 296 g/mol. The quantitative estimate of drug-likeness (QED) is 0.698. The first-order valence-corrected chi connectivity index (χ1v) is 8.13. The Morgan fingerprint density at radius 3 is 2.62 bits per heavy atom. The lowest BCUT2D eigenvalue weighted by Crippen LogP contribution is -2.47. The van der Waals surface area contributed by atoms with Gasteiger partial charge in [0.2, 0.25) is 5.91 Å². The Hall–Kier alpha value is -1.14. The van der Waals surface area contributed by atoms with Crippen molar-refractivity contribution >= 4 is 11.9 Å². The van der Waals surface area contributed by atoms with Crippen LogP contribution >= 0.6 is 0 Å². The van der Waals surface area contributed by atoms with Gasteiger partial charge in [0.25, 0.3) is 0 Å². The fourth-order valence-electron chi connectivity index (χ4n) is 3.29. The summed E-state index contributed by atoms with van der Waals surface area (Å²) in [7, 11) is 1.93. The Bertz CT molecular complexity index is 350. The van der Waals surface area contributed by atoms with Gasteiger partial charge in [-0.15, -0.1) is 0 Å². The fourth-order valence-corrected chi connectivity index (χ4v) is 3.29. The number of hydrogen-bond donors (Lipinski definition) is 3. The molecule has 21 heavy (non-hydrogen) atoms. The van der Waals surface area contributed by atoms with Gasteiger partial charge in [-0.05, 0) is 51.7 Å². The predicted octanol–water partition coefficient (Wildman–Crippen LogP) is 0.686. The van der Waals surface area contributed by atoms with Crippen LogP contribution < -0.4 is 16.0 Å². The Kier molecular flexibility index (Phi) is 6.45. The van der Waals surface area contributed by atoms with E-state index in [1.54, 1.807) is 0 Å². The highest BCUT2D eigenvalue weighted by atomic mass is 16.2. The summed E-state index contributed by atoms with van der Waals surface area (Å²) in [5.74, 6) is 0.376. The summed E-state index contributed by atoms with van der Waals surface area (Å²) in [5, 5.41) is 8.67. The summed E-state index contributed by atoms with van der Waals surface area (Å²) in [5.41, 5.74) is 0. The smallest absolute Gasteiger partial charge is 0.321 e. The molecule has 2 rings (SSSR count). The molecule has 2 fully saturated rings. The van der Waals surface area contributed by atoms with Gasteiger partial charge in [-0.25, -0.2) is 4.79 Å². The largest absolute Gasteiger partial charge is 0.335 e. The van der Waals surface area contributed by atoms with Crippen molar-refractivity contribution in [3.8, 4) is 0 Å². The number of amides is 3. The summed E-state index contributed by atoms with van der Waals surface area (Å²) in [6.07, 6.45) is 6.79. The second-order valence-electron chi connectivity index (χ2n) is 6.41. The molecular weight excluding hydrogens is 268 g/mol. The normalized spacial score (nSPS) is 23.2. The number of nitrogens with one attached hydrogen (secondary N) is 3. The molecule has 0 aromatic rings. The minimum Gasteiger partial charge on any atom is -0.335 e. The van der Waals surface area contributed by atoms with Crippen molar-refractivity contribution in [1.29, 1.82) is 0 Å². The van der Waals surface area contributed by atoms with Crippen molar-refractivity contribution in [3.63, 3.8) is 0 Å². The van der Waals surface area contributed by atoms with Crippen LogP contribution in [0, 0.1) is 5.92 Å². The molecule has 0 bridgehead atoms. The van der Waals surface area contributed by atoms with E-state index < -0.39 is 0 Å². The van der Waals surface area contributed by atoms with Crippen molar-refractivity contribution in [3.05, 3.63) is 0 Å². The second-order valence-corrected chi connectivity index (χ2v) is 6.41. The van der Waals surface area contributed by atoms with Crippen molar-refractivity contribution in [1.82, 2.24) is 20.9 Å². The molecule has 1 atom stereocenters. The van der Waals surface area contributed by atoms with E-state index in [0.29, 0.717) is 5.92 Å². The Morgan fingerprint density at radius 2 is 1.95 bits per heavy atom. The molecule has 0 radical (unpaired) electrons. The van der Waals surface area contributed by atoms with Crippen LogP contribution in [0.15, 0.2) is 0 Å². The van der Waals surface area contributed by atoms with Crippen LogP contribution in [0.2, 0.25) is 0 Å². The average Bonchev–Trinajstić information content (AvgIpc) is 2.91. The van der Waals surface area contributed by atoms with E-state index in [4.69, 9.17) is 0 Å². The molecule has 120 valence electrons. The van der Waals surface area contributed by atoms with Crippen molar-refractivity contribution < 1.29 is 9.59 Å². The lowest BCUT2D eigenvalue weighted by Gasteiger charge is -2.27. The van der Waals surface area contributed by atoms with Crippen LogP contribution in [0.5, 0.6) is 0 Å². The van der Waals surface area contributed by atoms with E-state index in [1.807, 2.05) is 11.9 Å². The van der Waals surface area contributed by atoms with Gasteiger partial charge in [0.05, 0.1) is 6.54 Å². The van der Waals surface area contributed by atoms with Gasteiger partial charge in [-0.3, -0.25) is 15.0 Å². The molecule has 1 unspecified atom stereocenters. The number of likely N-dealkylation sites (N-methyl/N-ethyl adjacent to an activating group) is 1. The van der Waals surface area contributed by atoms with Crippen LogP contribution in [0.3, 0.4) is 0 Å².